The van der Waals surface area contributed by atoms with Gasteiger partial charge in [-0.2, -0.15) is 4.73 Å². The molecular formula is C16H16N6O6S4. The summed E-state index contributed by atoms with van der Waals surface area (Å²) in [6.45, 7) is -0.219. The average Bonchev–Trinajstić information content (AvgIpc) is 3.36. The standard InChI is InChI=1S/C16H16N6O6S4/c17-15-22(28)7(5-30-15)1-8(24)18-10-12(25)21-11(14(26)27)6(3-29-13(10)21)4-31-16-20-19-9(2-23)32-16/h5,10,13,17,23,28H,1-4H2,(H,18,24)(H,26,27). The lowest BCUT2D eigenvalue weighted by Gasteiger charge is -2.49. The lowest BCUT2D eigenvalue weighted by atomic mass is 10.0. The number of nitrogens with zero attached hydrogens (tertiary/aromatic N) is 4. The van der Waals surface area contributed by atoms with E-state index in [0.29, 0.717) is 31.2 Å². The second-order valence-corrected chi connectivity index (χ2v) is 10.9. The van der Waals surface area contributed by atoms with Crippen LogP contribution in [0.3, 0.4) is 0 Å². The van der Waals surface area contributed by atoms with E-state index < -0.39 is 29.2 Å². The lowest BCUT2D eigenvalue weighted by Crippen LogP contribution is -2.70. The fourth-order valence-corrected chi connectivity index (χ4v) is 7.05. The number of β-lactam (4-membered cyclic amide) rings is 1. The zero-order chi connectivity index (χ0) is 23.0. The van der Waals surface area contributed by atoms with Gasteiger partial charge in [0.1, 0.15) is 22.1 Å². The summed E-state index contributed by atoms with van der Waals surface area (Å²) in [6, 6.07) is -0.868. The number of thioether (sulfide) groups is 2. The van der Waals surface area contributed by atoms with Crippen LogP contribution in [-0.4, -0.2) is 76.0 Å². The highest BCUT2D eigenvalue weighted by molar-refractivity contribution is 8.01. The van der Waals surface area contributed by atoms with E-state index in [2.05, 4.69) is 15.5 Å². The lowest BCUT2D eigenvalue weighted by molar-refractivity contribution is -0.150. The molecule has 0 aromatic carbocycles. The number of aliphatic carboxylic acids is 1. The molecule has 2 aromatic rings. The van der Waals surface area contributed by atoms with Crippen LogP contribution >= 0.6 is 46.2 Å². The molecule has 1 saturated heterocycles. The smallest absolute Gasteiger partial charge is 0.352 e. The summed E-state index contributed by atoms with van der Waals surface area (Å²) in [5, 5.41) is 47.7. The molecule has 0 bridgehead atoms. The Kier molecular flexibility index (Phi) is 6.57. The van der Waals surface area contributed by atoms with Crippen molar-refractivity contribution in [3.63, 3.8) is 0 Å². The molecule has 12 nitrogen and oxygen atoms in total. The number of carboxylic acids is 1. The largest absolute Gasteiger partial charge is 0.477 e. The maximum atomic E-state index is 12.7. The Balaban J connectivity index is 1.43. The van der Waals surface area contributed by atoms with Crippen molar-refractivity contribution < 1.29 is 29.8 Å². The number of aliphatic hydroxyl groups is 1. The molecule has 4 heterocycles. The van der Waals surface area contributed by atoms with Crippen LogP contribution in [0.2, 0.25) is 0 Å². The zero-order valence-corrected chi connectivity index (χ0v) is 19.3. The third kappa shape index (κ3) is 4.27. The molecule has 1 fully saturated rings. The highest BCUT2D eigenvalue weighted by atomic mass is 32.2. The summed E-state index contributed by atoms with van der Waals surface area (Å²) in [5.74, 6) is -1.59. The number of nitrogens with one attached hydrogen (secondary N) is 2. The Morgan fingerprint density at radius 2 is 2.16 bits per heavy atom. The van der Waals surface area contributed by atoms with E-state index in [9.17, 15) is 24.7 Å². The van der Waals surface area contributed by atoms with E-state index in [1.54, 1.807) is 0 Å². The van der Waals surface area contributed by atoms with Crippen LogP contribution in [0, 0.1) is 5.41 Å². The molecule has 5 N–H and O–H groups in total. The molecule has 2 aromatic heterocycles. The van der Waals surface area contributed by atoms with Gasteiger partial charge in [0.05, 0.1) is 18.7 Å². The van der Waals surface area contributed by atoms with Gasteiger partial charge in [0.2, 0.25) is 10.7 Å². The summed E-state index contributed by atoms with van der Waals surface area (Å²) < 4.78 is 1.19. The van der Waals surface area contributed by atoms with Crippen LogP contribution in [0.5, 0.6) is 0 Å². The molecule has 0 aliphatic carbocycles. The molecule has 2 unspecified atom stereocenters. The molecule has 16 heteroatoms. The number of hydrogen-bond acceptors (Lipinski definition) is 12. The third-order valence-electron chi connectivity index (χ3n) is 4.63. The van der Waals surface area contributed by atoms with Crippen molar-refractivity contribution in [2.24, 2.45) is 0 Å². The number of fused-ring (bicyclic) bond motifs is 1. The molecule has 0 radical (unpaired) electrons. The molecule has 32 heavy (non-hydrogen) atoms. The predicted molar refractivity (Wildman–Crippen MR) is 115 cm³/mol. The summed E-state index contributed by atoms with van der Waals surface area (Å²) in [6.07, 6.45) is -0.214. The minimum Gasteiger partial charge on any atom is -0.477 e. The van der Waals surface area contributed by atoms with E-state index in [4.69, 9.17) is 10.5 Å². The highest BCUT2D eigenvalue weighted by Crippen LogP contribution is 2.41. The number of amides is 2. The Hall–Kier alpha value is -2.40. The number of hydrogen-bond donors (Lipinski definition) is 5. The van der Waals surface area contributed by atoms with Crippen molar-refractivity contribution in [2.75, 3.05) is 11.5 Å². The predicted octanol–water partition coefficient (Wildman–Crippen LogP) is -0.316. The van der Waals surface area contributed by atoms with Crippen LogP contribution in [0.15, 0.2) is 21.0 Å². The molecule has 2 atom stereocenters. The van der Waals surface area contributed by atoms with Crippen molar-refractivity contribution in [3.05, 3.63) is 32.2 Å². The van der Waals surface area contributed by atoms with E-state index in [0.717, 1.165) is 11.3 Å². The van der Waals surface area contributed by atoms with Gasteiger partial charge in [-0.15, -0.1) is 33.3 Å². The summed E-state index contributed by atoms with van der Waals surface area (Å²) in [5.41, 5.74) is 0.697. The van der Waals surface area contributed by atoms with E-state index in [1.807, 2.05) is 0 Å². The molecule has 0 saturated carbocycles. The van der Waals surface area contributed by atoms with Gasteiger partial charge in [-0.3, -0.25) is 19.9 Å². The number of aromatic nitrogens is 3. The Labute approximate surface area is 196 Å². The zero-order valence-electron chi connectivity index (χ0n) is 16.0. The first-order valence-electron chi connectivity index (χ1n) is 8.98. The Morgan fingerprint density at radius 3 is 2.78 bits per heavy atom. The highest BCUT2D eigenvalue weighted by Gasteiger charge is 2.54. The third-order valence-corrected chi connectivity index (χ3v) is 8.89. The van der Waals surface area contributed by atoms with Gasteiger partial charge in [-0.25, -0.2) is 4.79 Å². The van der Waals surface area contributed by atoms with Gasteiger partial charge in [-0.1, -0.05) is 23.1 Å². The van der Waals surface area contributed by atoms with Gasteiger partial charge < -0.3 is 20.7 Å². The molecule has 0 spiro atoms. The summed E-state index contributed by atoms with van der Waals surface area (Å²) in [7, 11) is 0. The second kappa shape index (κ2) is 9.22. The number of aliphatic hydroxyl groups excluding tert-OH is 1. The van der Waals surface area contributed by atoms with Crippen molar-refractivity contribution >= 4 is 64.0 Å². The minimum absolute atomic E-state index is 0.0893. The van der Waals surface area contributed by atoms with Crippen LogP contribution in [0.25, 0.3) is 0 Å². The van der Waals surface area contributed by atoms with Gasteiger partial charge in [0, 0.05) is 16.9 Å². The fourth-order valence-electron chi connectivity index (χ4n) is 3.16. The average molecular weight is 517 g/mol. The molecular weight excluding hydrogens is 500 g/mol. The molecule has 2 amide bonds. The van der Waals surface area contributed by atoms with Crippen LogP contribution in [0.1, 0.15) is 10.7 Å². The first-order chi connectivity index (χ1) is 15.3. The van der Waals surface area contributed by atoms with Crippen molar-refractivity contribution in [1.29, 1.82) is 5.41 Å². The first-order valence-corrected chi connectivity index (χ1v) is 12.7. The Morgan fingerprint density at radius 1 is 1.38 bits per heavy atom. The molecule has 170 valence electrons. The van der Waals surface area contributed by atoms with E-state index in [-0.39, 0.29) is 29.2 Å². The van der Waals surface area contributed by atoms with Gasteiger partial charge in [-0.05, 0) is 5.57 Å². The van der Waals surface area contributed by atoms with Crippen LogP contribution < -0.4 is 10.1 Å². The minimum atomic E-state index is -1.22. The Bertz CT molecular complexity index is 1170. The quantitative estimate of drug-likeness (QED) is 0.177. The SMILES string of the molecule is N=c1scc(CC(=O)NC2C(=O)N3C(C(=O)O)=C(CSc4nnc(CO)s4)CSC23)n1O. The van der Waals surface area contributed by atoms with E-state index >= 15 is 0 Å². The maximum absolute atomic E-state index is 12.7. The number of carbonyl (C=O) groups is 3. The second-order valence-electron chi connectivity index (χ2n) is 6.64. The number of rotatable bonds is 8. The van der Waals surface area contributed by atoms with Gasteiger partial charge in [0.15, 0.2) is 4.34 Å². The van der Waals surface area contributed by atoms with Gasteiger partial charge >= 0.3 is 5.97 Å². The fraction of sp³-hybridized carbons (Fsp3) is 0.375. The molecule has 4 rings (SSSR count). The monoisotopic (exact) mass is 516 g/mol. The summed E-state index contributed by atoms with van der Waals surface area (Å²) >= 11 is 4.81. The topological polar surface area (TPSA) is 182 Å². The maximum Gasteiger partial charge on any atom is 0.352 e. The van der Waals surface area contributed by atoms with Crippen LogP contribution in [0.4, 0.5) is 0 Å². The van der Waals surface area contributed by atoms with Crippen molar-refractivity contribution in [2.45, 2.75) is 28.8 Å². The van der Waals surface area contributed by atoms with E-state index in [1.165, 1.54) is 45.1 Å². The first kappa shape index (κ1) is 22.8. The normalized spacial score (nSPS) is 20.2. The number of carbonyl (C=O) groups excluding carboxylic acids is 2. The number of carboxylic acid groups (broad SMARTS) is 1. The van der Waals surface area contributed by atoms with Crippen LogP contribution in [-0.2, 0) is 27.4 Å². The number of thiazole rings is 1. The van der Waals surface area contributed by atoms with Gasteiger partial charge in [0.25, 0.3) is 5.91 Å². The van der Waals surface area contributed by atoms with Crippen molar-refractivity contribution in [3.8, 4) is 0 Å². The molecule has 2 aliphatic heterocycles. The molecule has 2 aliphatic rings. The summed E-state index contributed by atoms with van der Waals surface area (Å²) in [4.78, 5) is 38.0. The van der Waals surface area contributed by atoms with Crippen molar-refractivity contribution in [1.82, 2.24) is 25.1 Å².